The quantitative estimate of drug-likeness (QED) is 0.883. The largest absolute Gasteiger partial charge is 0.480 e. The Morgan fingerprint density at radius 3 is 2.86 bits per heavy atom. The number of nitrogens with zero attached hydrogens (tertiary/aromatic N) is 1. The fraction of sp³-hybridized carbons (Fsp3) is 0.562. The molecule has 2 rings (SSSR count). The zero-order valence-electron chi connectivity index (χ0n) is 12.4. The number of hydrogen-bond donors (Lipinski definition) is 1. The van der Waals surface area contributed by atoms with Gasteiger partial charge in [-0.1, -0.05) is 31.0 Å². The highest BCUT2D eigenvalue weighted by Gasteiger charge is 2.48. The molecule has 0 bridgehead atoms. The molecule has 0 aromatic heterocycles. The minimum Gasteiger partial charge on any atom is -0.480 e. The van der Waals surface area contributed by atoms with Crippen molar-refractivity contribution in [3.8, 4) is 0 Å². The van der Waals surface area contributed by atoms with Crippen LogP contribution in [0.4, 0.5) is 4.39 Å². The van der Waals surface area contributed by atoms with Crippen molar-refractivity contribution in [2.75, 3.05) is 6.54 Å². The van der Waals surface area contributed by atoms with Crippen molar-refractivity contribution in [1.82, 2.24) is 4.90 Å². The van der Waals surface area contributed by atoms with E-state index < -0.39 is 11.5 Å². The standard InChI is InChI=1S/C16H21ClFNO2/c1-3-7-16(15(20)21)8-4-9-19(16)11(2)13-6-5-12(18)10-14(13)17/h5-6,10-11H,3-4,7-9H2,1-2H3,(H,20,21). The summed E-state index contributed by atoms with van der Waals surface area (Å²) in [7, 11) is 0. The summed E-state index contributed by atoms with van der Waals surface area (Å²) in [5.74, 6) is -1.15. The van der Waals surface area contributed by atoms with E-state index in [-0.39, 0.29) is 11.9 Å². The Morgan fingerprint density at radius 2 is 2.29 bits per heavy atom. The lowest BCUT2D eigenvalue weighted by atomic mass is 9.89. The Kier molecular flexibility index (Phi) is 4.89. The molecule has 1 aliphatic heterocycles. The second-order valence-electron chi connectivity index (χ2n) is 5.73. The summed E-state index contributed by atoms with van der Waals surface area (Å²) in [6.07, 6.45) is 2.94. The fourth-order valence-corrected chi connectivity index (χ4v) is 3.82. The maximum Gasteiger partial charge on any atom is 0.324 e. The molecule has 1 N–H and O–H groups in total. The molecule has 5 heteroatoms. The van der Waals surface area contributed by atoms with Crippen LogP contribution in [0.25, 0.3) is 0 Å². The van der Waals surface area contributed by atoms with E-state index in [2.05, 4.69) is 0 Å². The lowest BCUT2D eigenvalue weighted by Gasteiger charge is -2.39. The average molecular weight is 314 g/mol. The number of halogens is 2. The average Bonchev–Trinajstić information content (AvgIpc) is 2.83. The molecule has 1 saturated heterocycles. The number of carboxylic acid groups (broad SMARTS) is 1. The Hall–Kier alpha value is -1.13. The summed E-state index contributed by atoms with van der Waals surface area (Å²) in [6, 6.07) is 4.16. The van der Waals surface area contributed by atoms with Crippen molar-refractivity contribution in [2.45, 2.75) is 51.1 Å². The minimum absolute atomic E-state index is 0.150. The van der Waals surface area contributed by atoms with Crippen molar-refractivity contribution < 1.29 is 14.3 Å². The molecular weight excluding hydrogens is 293 g/mol. The van der Waals surface area contributed by atoms with Crippen LogP contribution in [0, 0.1) is 5.82 Å². The van der Waals surface area contributed by atoms with Crippen LogP contribution in [0.1, 0.15) is 51.1 Å². The van der Waals surface area contributed by atoms with Gasteiger partial charge in [0.05, 0.1) is 0 Å². The molecule has 1 fully saturated rings. The third kappa shape index (κ3) is 2.92. The Bertz CT molecular complexity index is 537. The summed E-state index contributed by atoms with van der Waals surface area (Å²) in [5, 5.41) is 10.1. The molecule has 21 heavy (non-hydrogen) atoms. The van der Waals surface area contributed by atoms with E-state index in [1.165, 1.54) is 12.1 Å². The summed E-state index contributed by atoms with van der Waals surface area (Å²) in [4.78, 5) is 13.9. The maximum atomic E-state index is 13.2. The van der Waals surface area contributed by atoms with E-state index in [1.54, 1.807) is 6.07 Å². The van der Waals surface area contributed by atoms with Crippen LogP contribution in [-0.2, 0) is 4.79 Å². The van der Waals surface area contributed by atoms with Crippen molar-refractivity contribution >= 4 is 17.6 Å². The van der Waals surface area contributed by atoms with Crippen molar-refractivity contribution in [2.24, 2.45) is 0 Å². The van der Waals surface area contributed by atoms with E-state index in [0.29, 0.717) is 17.9 Å². The van der Waals surface area contributed by atoms with Gasteiger partial charge in [-0.05, 0) is 50.4 Å². The van der Waals surface area contributed by atoms with Crippen LogP contribution in [-0.4, -0.2) is 28.1 Å². The zero-order chi connectivity index (χ0) is 15.6. The second kappa shape index (κ2) is 6.32. The lowest BCUT2D eigenvalue weighted by Crippen LogP contribution is -2.51. The van der Waals surface area contributed by atoms with Crippen molar-refractivity contribution in [3.05, 3.63) is 34.6 Å². The molecule has 1 aromatic rings. The molecule has 2 atom stereocenters. The number of hydrogen-bond acceptors (Lipinski definition) is 2. The Balaban J connectivity index is 2.36. The normalized spacial score (nSPS) is 24.2. The van der Waals surface area contributed by atoms with Crippen molar-refractivity contribution in [1.29, 1.82) is 0 Å². The van der Waals surface area contributed by atoms with Gasteiger partial charge in [-0.2, -0.15) is 0 Å². The SMILES string of the molecule is CCCC1(C(=O)O)CCCN1C(C)c1ccc(F)cc1Cl. The number of aliphatic carboxylic acids is 1. The van der Waals surface area contributed by atoms with Crippen molar-refractivity contribution in [3.63, 3.8) is 0 Å². The molecule has 0 spiro atoms. The van der Waals surface area contributed by atoms with Crippen LogP contribution < -0.4 is 0 Å². The first-order chi connectivity index (χ1) is 9.92. The first-order valence-corrected chi connectivity index (χ1v) is 7.75. The maximum absolute atomic E-state index is 13.2. The third-order valence-corrected chi connectivity index (χ3v) is 4.81. The summed E-state index contributed by atoms with van der Waals surface area (Å²) in [5.41, 5.74) is -0.0482. The minimum atomic E-state index is -0.827. The monoisotopic (exact) mass is 313 g/mol. The van der Waals surface area contributed by atoms with Gasteiger partial charge in [-0.3, -0.25) is 9.69 Å². The molecule has 0 saturated carbocycles. The molecule has 1 aromatic carbocycles. The lowest BCUT2D eigenvalue weighted by molar-refractivity contribution is -0.151. The predicted octanol–water partition coefficient (Wildman–Crippen LogP) is 4.26. The zero-order valence-corrected chi connectivity index (χ0v) is 13.2. The summed E-state index contributed by atoms with van der Waals surface area (Å²) in [6.45, 7) is 4.66. The van der Waals surface area contributed by atoms with E-state index in [0.717, 1.165) is 24.9 Å². The third-order valence-electron chi connectivity index (χ3n) is 4.48. The molecule has 0 amide bonds. The fourth-order valence-electron chi connectivity index (χ4n) is 3.49. The van der Waals surface area contributed by atoms with Gasteiger partial charge in [0.1, 0.15) is 11.4 Å². The van der Waals surface area contributed by atoms with E-state index in [9.17, 15) is 14.3 Å². The van der Waals surface area contributed by atoms with E-state index in [1.807, 2.05) is 18.7 Å². The van der Waals surface area contributed by atoms with Gasteiger partial charge in [0.25, 0.3) is 0 Å². The van der Waals surface area contributed by atoms with Crippen LogP contribution in [0.3, 0.4) is 0 Å². The van der Waals surface area contributed by atoms with Gasteiger partial charge in [0.2, 0.25) is 0 Å². The number of carboxylic acids is 1. The number of benzene rings is 1. The molecule has 1 aliphatic rings. The highest BCUT2D eigenvalue weighted by Crippen LogP contribution is 2.41. The van der Waals surface area contributed by atoms with Crippen LogP contribution in [0.2, 0.25) is 5.02 Å². The first-order valence-electron chi connectivity index (χ1n) is 7.37. The van der Waals surface area contributed by atoms with Crippen LogP contribution in [0.15, 0.2) is 18.2 Å². The van der Waals surface area contributed by atoms with Gasteiger partial charge >= 0.3 is 5.97 Å². The number of likely N-dealkylation sites (tertiary alicyclic amines) is 1. The van der Waals surface area contributed by atoms with Crippen LogP contribution in [0.5, 0.6) is 0 Å². The van der Waals surface area contributed by atoms with E-state index >= 15 is 0 Å². The van der Waals surface area contributed by atoms with Gasteiger partial charge < -0.3 is 5.11 Å². The highest BCUT2D eigenvalue weighted by atomic mass is 35.5. The number of carbonyl (C=O) groups is 1. The molecule has 3 nitrogen and oxygen atoms in total. The van der Waals surface area contributed by atoms with Gasteiger partial charge in [-0.25, -0.2) is 4.39 Å². The van der Waals surface area contributed by atoms with Gasteiger partial charge in [-0.15, -0.1) is 0 Å². The molecule has 116 valence electrons. The molecule has 2 unspecified atom stereocenters. The Labute approximate surface area is 129 Å². The van der Waals surface area contributed by atoms with Gasteiger partial charge in [0, 0.05) is 11.1 Å². The molecule has 1 heterocycles. The smallest absolute Gasteiger partial charge is 0.324 e. The van der Waals surface area contributed by atoms with E-state index in [4.69, 9.17) is 11.6 Å². The number of rotatable bonds is 5. The molecule has 0 aliphatic carbocycles. The van der Waals surface area contributed by atoms with Crippen LogP contribution >= 0.6 is 11.6 Å². The highest BCUT2D eigenvalue weighted by molar-refractivity contribution is 6.31. The summed E-state index contributed by atoms with van der Waals surface area (Å²) < 4.78 is 13.2. The Morgan fingerprint density at radius 1 is 1.57 bits per heavy atom. The first kappa shape index (κ1) is 16.2. The molecule has 0 radical (unpaired) electrons. The molecular formula is C16H21ClFNO2. The predicted molar refractivity (Wildman–Crippen MR) is 81.0 cm³/mol. The summed E-state index contributed by atoms with van der Waals surface area (Å²) >= 11 is 6.14. The topological polar surface area (TPSA) is 40.5 Å². The van der Waals surface area contributed by atoms with Gasteiger partial charge in [0.15, 0.2) is 0 Å². The second-order valence-corrected chi connectivity index (χ2v) is 6.13.